The van der Waals surface area contributed by atoms with Crippen molar-refractivity contribution in [1.29, 1.82) is 0 Å². The quantitative estimate of drug-likeness (QED) is 0.814. The van der Waals surface area contributed by atoms with Crippen molar-refractivity contribution < 1.29 is 23.7 Å². The van der Waals surface area contributed by atoms with Crippen molar-refractivity contribution in [2.75, 3.05) is 27.4 Å². The van der Waals surface area contributed by atoms with Gasteiger partial charge in [-0.2, -0.15) is 0 Å². The lowest BCUT2D eigenvalue weighted by Gasteiger charge is -2.24. The van der Waals surface area contributed by atoms with Crippen LogP contribution < -0.4 is 24.3 Å². The van der Waals surface area contributed by atoms with Crippen molar-refractivity contribution in [3.05, 3.63) is 47.5 Å². The molecule has 150 valence electrons. The van der Waals surface area contributed by atoms with Crippen LogP contribution in [0.5, 0.6) is 23.0 Å². The van der Waals surface area contributed by atoms with Gasteiger partial charge in [0.2, 0.25) is 0 Å². The number of amides is 1. The third kappa shape index (κ3) is 4.50. The molecule has 0 aliphatic carbocycles. The van der Waals surface area contributed by atoms with Gasteiger partial charge >= 0.3 is 0 Å². The molecule has 6 heteroatoms. The van der Waals surface area contributed by atoms with Crippen molar-refractivity contribution in [2.45, 2.75) is 26.3 Å². The van der Waals surface area contributed by atoms with Crippen LogP contribution in [0.1, 0.15) is 42.2 Å². The maximum Gasteiger partial charge on any atom is 0.252 e. The molecule has 0 aromatic heterocycles. The molecular formula is C22H27NO5. The Morgan fingerprint density at radius 2 is 1.61 bits per heavy atom. The monoisotopic (exact) mass is 385 g/mol. The highest BCUT2D eigenvalue weighted by Crippen LogP contribution is 2.34. The molecule has 2 aromatic carbocycles. The van der Waals surface area contributed by atoms with Crippen molar-refractivity contribution in [3.63, 3.8) is 0 Å². The van der Waals surface area contributed by atoms with Crippen LogP contribution in [0.4, 0.5) is 0 Å². The lowest BCUT2D eigenvalue weighted by atomic mass is 9.95. The minimum atomic E-state index is -0.192. The summed E-state index contributed by atoms with van der Waals surface area (Å²) in [6.07, 6.45) is 0.853. The largest absolute Gasteiger partial charge is 0.497 e. The number of fused-ring (bicyclic) bond motifs is 1. The average molecular weight is 385 g/mol. The first kappa shape index (κ1) is 19.9. The van der Waals surface area contributed by atoms with E-state index in [-0.39, 0.29) is 17.9 Å². The maximum atomic E-state index is 12.9. The van der Waals surface area contributed by atoms with Crippen molar-refractivity contribution in [1.82, 2.24) is 5.32 Å². The molecule has 1 aliphatic heterocycles. The summed E-state index contributed by atoms with van der Waals surface area (Å²) in [7, 11) is 3.12. The van der Waals surface area contributed by atoms with Gasteiger partial charge in [-0.05, 0) is 35.7 Å². The van der Waals surface area contributed by atoms with Gasteiger partial charge in [0.15, 0.2) is 11.5 Å². The van der Waals surface area contributed by atoms with Gasteiger partial charge < -0.3 is 24.3 Å². The smallest absolute Gasteiger partial charge is 0.252 e. The van der Waals surface area contributed by atoms with Crippen LogP contribution in [0.3, 0.4) is 0 Å². The summed E-state index contributed by atoms with van der Waals surface area (Å²) in [5, 5.41) is 3.13. The number of carbonyl (C=O) groups excluding carboxylic acids is 1. The van der Waals surface area contributed by atoms with E-state index < -0.39 is 0 Å². The second kappa shape index (κ2) is 8.87. The molecule has 0 bridgehead atoms. The molecule has 1 unspecified atom stereocenters. The molecule has 0 saturated heterocycles. The Morgan fingerprint density at radius 1 is 0.964 bits per heavy atom. The fourth-order valence-corrected chi connectivity index (χ4v) is 3.17. The lowest BCUT2D eigenvalue weighted by Crippen LogP contribution is -2.31. The summed E-state index contributed by atoms with van der Waals surface area (Å²) in [5.41, 5.74) is 1.46. The van der Waals surface area contributed by atoms with Crippen LogP contribution in [-0.2, 0) is 0 Å². The Morgan fingerprint density at radius 3 is 2.21 bits per heavy atom. The van der Waals surface area contributed by atoms with E-state index in [9.17, 15) is 4.79 Å². The number of carbonyl (C=O) groups is 1. The second-order valence-corrected chi connectivity index (χ2v) is 7.05. The van der Waals surface area contributed by atoms with E-state index in [1.165, 1.54) is 0 Å². The summed E-state index contributed by atoms with van der Waals surface area (Å²) in [4.78, 5) is 12.9. The molecule has 6 nitrogen and oxygen atoms in total. The maximum absolute atomic E-state index is 12.9. The van der Waals surface area contributed by atoms with E-state index in [2.05, 4.69) is 19.2 Å². The van der Waals surface area contributed by atoms with Crippen LogP contribution in [0.25, 0.3) is 0 Å². The topological polar surface area (TPSA) is 66.0 Å². The summed E-state index contributed by atoms with van der Waals surface area (Å²) in [5.74, 6) is 2.59. The summed E-state index contributed by atoms with van der Waals surface area (Å²) in [6, 6.07) is 10.8. The number of hydrogen-bond acceptors (Lipinski definition) is 5. The van der Waals surface area contributed by atoms with E-state index >= 15 is 0 Å². The summed E-state index contributed by atoms with van der Waals surface area (Å²) >= 11 is 0. The van der Waals surface area contributed by atoms with Crippen LogP contribution >= 0.6 is 0 Å². The molecule has 0 radical (unpaired) electrons. The predicted molar refractivity (Wildman–Crippen MR) is 107 cm³/mol. The van der Waals surface area contributed by atoms with Gasteiger partial charge in [0, 0.05) is 18.1 Å². The normalized spacial score (nSPS) is 14.2. The summed E-state index contributed by atoms with van der Waals surface area (Å²) in [6.45, 7) is 5.41. The Kier molecular flexibility index (Phi) is 6.29. The molecule has 0 spiro atoms. The van der Waals surface area contributed by atoms with E-state index in [4.69, 9.17) is 18.9 Å². The first-order chi connectivity index (χ1) is 13.5. The van der Waals surface area contributed by atoms with E-state index in [0.29, 0.717) is 30.3 Å². The zero-order chi connectivity index (χ0) is 20.1. The SMILES string of the molecule is COc1cc(OC)cc(C(=O)NC(c2ccc3c(c2)OCCCO3)C(C)C)c1. The zero-order valence-electron chi connectivity index (χ0n) is 16.8. The summed E-state index contributed by atoms with van der Waals surface area (Å²) < 4.78 is 22.0. The van der Waals surface area contributed by atoms with E-state index in [1.807, 2.05) is 18.2 Å². The molecular weight excluding hydrogens is 358 g/mol. The zero-order valence-corrected chi connectivity index (χ0v) is 16.8. The molecule has 0 fully saturated rings. The van der Waals surface area contributed by atoms with Crippen LogP contribution in [0.2, 0.25) is 0 Å². The minimum Gasteiger partial charge on any atom is -0.497 e. The van der Waals surface area contributed by atoms with Gasteiger partial charge in [-0.15, -0.1) is 0 Å². The van der Waals surface area contributed by atoms with Crippen LogP contribution in [0, 0.1) is 5.92 Å². The second-order valence-electron chi connectivity index (χ2n) is 7.05. The third-order valence-electron chi connectivity index (χ3n) is 4.70. The van der Waals surface area contributed by atoms with Crippen LogP contribution in [0.15, 0.2) is 36.4 Å². The Labute approximate surface area is 165 Å². The van der Waals surface area contributed by atoms with Gasteiger partial charge in [-0.25, -0.2) is 0 Å². The fourth-order valence-electron chi connectivity index (χ4n) is 3.17. The lowest BCUT2D eigenvalue weighted by molar-refractivity contribution is 0.0924. The minimum absolute atomic E-state index is 0.179. The van der Waals surface area contributed by atoms with Gasteiger partial charge in [-0.1, -0.05) is 19.9 Å². The standard InChI is InChI=1S/C22H27NO5/c1-14(2)21(15-6-7-19-20(12-15)28-9-5-8-27-19)23-22(24)16-10-17(25-3)13-18(11-16)26-4/h6-7,10-14,21H,5,8-9H2,1-4H3,(H,23,24). The Hall–Kier alpha value is -2.89. The van der Waals surface area contributed by atoms with E-state index in [0.717, 1.165) is 23.5 Å². The predicted octanol–water partition coefficient (Wildman–Crippen LogP) is 3.99. The highest BCUT2D eigenvalue weighted by atomic mass is 16.5. The number of benzene rings is 2. The highest BCUT2D eigenvalue weighted by molar-refractivity contribution is 5.95. The third-order valence-corrected chi connectivity index (χ3v) is 4.70. The van der Waals surface area contributed by atoms with Gasteiger partial charge in [0.25, 0.3) is 5.91 Å². The number of methoxy groups -OCH3 is 2. The first-order valence-corrected chi connectivity index (χ1v) is 9.45. The molecule has 1 aliphatic rings. The number of ether oxygens (including phenoxy) is 4. The van der Waals surface area contributed by atoms with Gasteiger partial charge in [0.05, 0.1) is 33.5 Å². The molecule has 3 rings (SSSR count). The van der Waals surface area contributed by atoms with Crippen molar-refractivity contribution in [2.24, 2.45) is 5.92 Å². The fraction of sp³-hybridized carbons (Fsp3) is 0.409. The first-order valence-electron chi connectivity index (χ1n) is 9.45. The van der Waals surface area contributed by atoms with Gasteiger partial charge in [-0.3, -0.25) is 4.79 Å². The molecule has 1 heterocycles. The van der Waals surface area contributed by atoms with Crippen molar-refractivity contribution in [3.8, 4) is 23.0 Å². The van der Waals surface area contributed by atoms with Crippen molar-refractivity contribution >= 4 is 5.91 Å². The number of hydrogen-bond donors (Lipinski definition) is 1. The molecule has 1 atom stereocenters. The van der Waals surface area contributed by atoms with Crippen LogP contribution in [-0.4, -0.2) is 33.3 Å². The molecule has 0 saturated carbocycles. The average Bonchev–Trinajstić information content (AvgIpc) is 2.95. The number of rotatable bonds is 6. The Bertz CT molecular complexity index is 811. The Balaban J connectivity index is 1.86. The molecule has 1 amide bonds. The number of nitrogens with one attached hydrogen (secondary N) is 1. The highest BCUT2D eigenvalue weighted by Gasteiger charge is 2.22. The molecule has 2 aromatic rings. The molecule has 1 N–H and O–H groups in total. The van der Waals surface area contributed by atoms with E-state index in [1.54, 1.807) is 32.4 Å². The van der Waals surface area contributed by atoms with Gasteiger partial charge in [0.1, 0.15) is 11.5 Å². The molecule has 28 heavy (non-hydrogen) atoms.